The van der Waals surface area contributed by atoms with E-state index in [1.165, 1.54) is 6.39 Å². The van der Waals surface area contributed by atoms with Gasteiger partial charge in [0.05, 0.1) is 0 Å². The first-order chi connectivity index (χ1) is 10.6. The van der Waals surface area contributed by atoms with Crippen molar-refractivity contribution in [2.75, 3.05) is 0 Å². The number of nitrogens with zero attached hydrogens (tertiary/aromatic N) is 2. The molecule has 0 spiro atoms. The molecule has 116 valence electrons. The molecule has 7 nitrogen and oxygen atoms in total. The van der Waals surface area contributed by atoms with Gasteiger partial charge in [0.25, 0.3) is 5.91 Å². The predicted octanol–water partition coefficient (Wildman–Crippen LogP) is 2.11. The van der Waals surface area contributed by atoms with Gasteiger partial charge in [0, 0.05) is 11.1 Å². The Kier molecular flexibility index (Phi) is 5.24. The first-order valence-electron chi connectivity index (χ1n) is 7.02. The minimum atomic E-state index is -1.02. The van der Waals surface area contributed by atoms with Gasteiger partial charge in [-0.15, -0.1) is 0 Å². The Morgan fingerprint density at radius 3 is 2.59 bits per heavy atom. The Bertz CT molecular complexity index is 623. The first-order valence-corrected chi connectivity index (χ1v) is 7.02. The van der Waals surface area contributed by atoms with Crippen molar-refractivity contribution in [1.82, 2.24) is 15.5 Å². The van der Waals surface area contributed by atoms with Gasteiger partial charge in [0.2, 0.25) is 12.2 Å². The van der Waals surface area contributed by atoms with Crippen LogP contribution in [0.5, 0.6) is 0 Å². The van der Waals surface area contributed by atoms with E-state index >= 15 is 0 Å². The topological polar surface area (TPSA) is 105 Å². The normalized spacial score (nSPS) is 11.9. The van der Waals surface area contributed by atoms with Crippen LogP contribution < -0.4 is 5.32 Å². The van der Waals surface area contributed by atoms with E-state index < -0.39 is 17.9 Å². The summed E-state index contributed by atoms with van der Waals surface area (Å²) in [6, 6.07) is 5.69. The molecule has 0 fully saturated rings. The Morgan fingerprint density at radius 2 is 2.05 bits per heavy atom. The van der Waals surface area contributed by atoms with Crippen molar-refractivity contribution < 1.29 is 19.2 Å². The van der Waals surface area contributed by atoms with Gasteiger partial charge < -0.3 is 14.9 Å². The summed E-state index contributed by atoms with van der Waals surface area (Å²) < 4.78 is 4.66. The lowest BCUT2D eigenvalue weighted by Crippen LogP contribution is -2.40. The van der Waals surface area contributed by atoms with E-state index in [1.807, 2.05) is 6.92 Å². The number of carboxylic acids is 1. The molecule has 1 heterocycles. The summed E-state index contributed by atoms with van der Waals surface area (Å²) in [6.45, 7) is 1.97. The number of hydrogen-bond acceptors (Lipinski definition) is 5. The van der Waals surface area contributed by atoms with Gasteiger partial charge in [-0.1, -0.05) is 37.1 Å². The molecule has 1 aromatic carbocycles. The Hall–Kier alpha value is -2.70. The minimum Gasteiger partial charge on any atom is -0.480 e. The van der Waals surface area contributed by atoms with E-state index in [4.69, 9.17) is 5.11 Å². The fraction of sp³-hybridized carbons (Fsp3) is 0.333. The van der Waals surface area contributed by atoms with Crippen molar-refractivity contribution in [2.45, 2.75) is 32.2 Å². The summed E-state index contributed by atoms with van der Waals surface area (Å²) in [7, 11) is 0. The largest absolute Gasteiger partial charge is 0.480 e. The van der Waals surface area contributed by atoms with Crippen LogP contribution in [0.1, 0.15) is 36.5 Å². The lowest BCUT2D eigenvalue weighted by atomic mass is 10.1. The molecule has 1 aromatic heterocycles. The maximum atomic E-state index is 12.1. The van der Waals surface area contributed by atoms with Gasteiger partial charge >= 0.3 is 5.97 Å². The molecule has 0 radical (unpaired) electrons. The average Bonchev–Trinajstić information content (AvgIpc) is 3.05. The van der Waals surface area contributed by atoms with Crippen LogP contribution >= 0.6 is 0 Å². The highest BCUT2D eigenvalue weighted by Gasteiger charge is 2.20. The van der Waals surface area contributed by atoms with Gasteiger partial charge in [-0.25, -0.2) is 4.79 Å². The lowest BCUT2D eigenvalue weighted by molar-refractivity contribution is -0.139. The lowest BCUT2D eigenvalue weighted by Gasteiger charge is -2.14. The fourth-order valence-electron chi connectivity index (χ4n) is 1.98. The van der Waals surface area contributed by atoms with Crippen molar-refractivity contribution >= 4 is 11.9 Å². The Morgan fingerprint density at radius 1 is 1.32 bits per heavy atom. The highest BCUT2D eigenvalue weighted by molar-refractivity contribution is 5.96. The number of aliphatic carboxylic acids is 1. The second-order valence-electron chi connectivity index (χ2n) is 4.84. The summed E-state index contributed by atoms with van der Waals surface area (Å²) in [5.41, 5.74) is 1.10. The van der Waals surface area contributed by atoms with E-state index in [1.54, 1.807) is 24.3 Å². The SMILES string of the molecule is CCCC[C@H](NC(=O)c1ccc(-c2ncon2)cc1)C(=O)O. The van der Waals surface area contributed by atoms with Crippen LogP contribution in [-0.4, -0.2) is 33.2 Å². The number of aromatic nitrogens is 2. The first kappa shape index (κ1) is 15.7. The van der Waals surface area contributed by atoms with E-state index in [2.05, 4.69) is 20.0 Å². The maximum Gasteiger partial charge on any atom is 0.326 e. The monoisotopic (exact) mass is 303 g/mol. The molecule has 7 heteroatoms. The number of nitrogens with one attached hydrogen (secondary N) is 1. The third-order valence-electron chi connectivity index (χ3n) is 3.22. The van der Waals surface area contributed by atoms with E-state index in [0.717, 1.165) is 12.8 Å². The molecule has 1 amide bonds. The summed E-state index contributed by atoms with van der Waals surface area (Å²) in [5.74, 6) is -1.01. The highest BCUT2D eigenvalue weighted by atomic mass is 16.5. The molecule has 0 aliphatic carbocycles. The standard InChI is InChI=1S/C15H17N3O4/c1-2-3-4-12(15(20)21)17-14(19)11-7-5-10(6-8-11)13-16-9-22-18-13/h5-9,12H,2-4H2,1H3,(H,17,19)(H,20,21)/t12-/m0/s1. The molecule has 2 N–H and O–H groups in total. The summed E-state index contributed by atoms with van der Waals surface area (Å²) >= 11 is 0. The van der Waals surface area contributed by atoms with Crippen molar-refractivity contribution in [2.24, 2.45) is 0 Å². The molecule has 0 unspecified atom stereocenters. The fourth-order valence-corrected chi connectivity index (χ4v) is 1.98. The molecule has 0 aliphatic rings. The van der Waals surface area contributed by atoms with Crippen molar-refractivity contribution in [3.63, 3.8) is 0 Å². The van der Waals surface area contributed by atoms with Crippen molar-refractivity contribution in [1.29, 1.82) is 0 Å². The Balaban J connectivity index is 2.04. The number of carbonyl (C=O) groups is 2. The van der Waals surface area contributed by atoms with E-state index in [9.17, 15) is 9.59 Å². The van der Waals surface area contributed by atoms with Crippen LogP contribution in [0.3, 0.4) is 0 Å². The van der Waals surface area contributed by atoms with Gasteiger partial charge in [0.1, 0.15) is 6.04 Å². The molecule has 0 saturated carbocycles. The zero-order valence-corrected chi connectivity index (χ0v) is 12.2. The van der Waals surface area contributed by atoms with Gasteiger partial charge in [-0.2, -0.15) is 4.98 Å². The van der Waals surface area contributed by atoms with Gasteiger partial charge in [-0.05, 0) is 18.6 Å². The number of rotatable bonds is 7. The zero-order chi connectivity index (χ0) is 15.9. The molecular formula is C15H17N3O4. The van der Waals surface area contributed by atoms with Gasteiger partial charge in [0.15, 0.2) is 0 Å². The molecule has 0 saturated heterocycles. The average molecular weight is 303 g/mol. The number of carboxylic acid groups (broad SMARTS) is 1. The van der Waals surface area contributed by atoms with Crippen LogP contribution in [-0.2, 0) is 4.79 Å². The molecule has 0 bridgehead atoms. The molecule has 0 aliphatic heterocycles. The van der Waals surface area contributed by atoms with Crippen LogP contribution in [0.4, 0.5) is 0 Å². The van der Waals surface area contributed by atoms with Crippen molar-refractivity contribution in [3.8, 4) is 11.4 Å². The number of unbranched alkanes of at least 4 members (excludes halogenated alkanes) is 1. The number of benzene rings is 1. The van der Waals surface area contributed by atoms with Crippen LogP contribution in [0.25, 0.3) is 11.4 Å². The molecule has 2 rings (SSSR count). The van der Waals surface area contributed by atoms with Crippen LogP contribution in [0, 0.1) is 0 Å². The predicted molar refractivity (Wildman–Crippen MR) is 78.1 cm³/mol. The maximum absolute atomic E-state index is 12.1. The van der Waals surface area contributed by atoms with Crippen molar-refractivity contribution in [3.05, 3.63) is 36.2 Å². The Labute approximate surface area is 127 Å². The molecular weight excluding hydrogens is 286 g/mol. The second-order valence-corrected chi connectivity index (χ2v) is 4.84. The smallest absolute Gasteiger partial charge is 0.326 e. The van der Waals surface area contributed by atoms with E-state index in [0.29, 0.717) is 23.4 Å². The molecule has 2 aromatic rings. The molecule has 1 atom stereocenters. The number of hydrogen-bond donors (Lipinski definition) is 2. The summed E-state index contributed by atoms with van der Waals surface area (Å²) in [4.78, 5) is 27.1. The van der Waals surface area contributed by atoms with E-state index in [-0.39, 0.29) is 0 Å². The third kappa shape index (κ3) is 3.91. The third-order valence-corrected chi connectivity index (χ3v) is 3.22. The zero-order valence-electron chi connectivity index (χ0n) is 12.2. The quantitative estimate of drug-likeness (QED) is 0.811. The summed E-state index contributed by atoms with van der Waals surface area (Å²) in [5, 5.41) is 15.4. The minimum absolute atomic E-state index is 0.384. The van der Waals surface area contributed by atoms with Crippen LogP contribution in [0.2, 0.25) is 0 Å². The number of carbonyl (C=O) groups excluding carboxylic acids is 1. The summed E-state index contributed by atoms with van der Waals surface area (Å²) in [6.07, 6.45) is 3.26. The highest BCUT2D eigenvalue weighted by Crippen LogP contribution is 2.15. The van der Waals surface area contributed by atoms with Gasteiger partial charge in [-0.3, -0.25) is 4.79 Å². The van der Waals surface area contributed by atoms with Crippen LogP contribution in [0.15, 0.2) is 35.2 Å². The number of amides is 1. The molecule has 22 heavy (non-hydrogen) atoms. The second kappa shape index (κ2) is 7.35.